The van der Waals surface area contributed by atoms with Crippen LogP contribution in [0.2, 0.25) is 0 Å². The van der Waals surface area contributed by atoms with Crippen molar-refractivity contribution in [3.63, 3.8) is 0 Å². The average Bonchev–Trinajstić information content (AvgIpc) is 3.31. The molecule has 0 radical (unpaired) electrons. The van der Waals surface area contributed by atoms with E-state index in [4.69, 9.17) is 18.9 Å². The van der Waals surface area contributed by atoms with Crippen LogP contribution >= 0.6 is 0 Å². The van der Waals surface area contributed by atoms with Crippen molar-refractivity contribution in [1.29, 1.82) is 0 Å². The van der Waals surface area contributed by atoms with Gasteiger partial charge in [-0.25, -0.2) is 0 Å². The second kappa shape index (κ2) is 9.05. The molecule has 5 rings (SSSR count). The maximum atomic E-state index is 13.3. The van der Waals surface area contributed by atoms with Gasteiger partial charge in [-0.1, -0.05) is 25.3 Å². The van der Waals surface area contributed by atoms with Gasteiger partial charge in [-0.05, 0) is 48.7 Å². The number of benzene rings is 2. The minimum Gasteiger partial charge on any atom is -0.486 e. The Bertz CT molecular complexity index is 1090. The molecular weight excluding hydrogens is 424 g/mol. The molecule has 0 aromatic heterocycles. The summed E-state index contributed by atoms with van der Waals surface area (Å²) in [5, 5.41) is 5.95. The fourth-order valence-electron chi connectivity index (χ4n) is 4.40. The molecular formula is C25H26N2O6. The van der Waals surface area contributed by atoms with Gasteiger partial charge < -0.3 is 29.6 Å². The first kappa shape index (κ1) is 21.2. The molecule has 2 amide bonds. The Balaban J connectivity index is 1.29. The molecule has 1 saturated carbocycles. The molecule has 172 valence electrons. The second-order valence-corrected chi connectivity index (χ2v) is 8.39. The number of ether oxygens (including phenoxy) is 4. The van der Waals surface area contributed by atoms with Gasteiger partial charge in [-0.2, -0.15) is 0 Å². The summed E-state index contributed by atoms with van der Waals surface area (Å²) in [5.74, 6) is 2.07. The first-order chi connectivity index (χ1) is 16.1. The van der Waals surface area contributed by atoms with Crippen molar-refractivity contribution in [2.45, 2.75) is 37.6 Å². The van der Waals surface area contributed by atoms with Gasteiger partial charge in [-0.3, -0.25) is 9.59 Å². The van der Waals surface area contributed by atoms with Gasteiger partial charge in [0.05, 0.1) is 0 Å². The van der Waals surface area contributed by atoms with Crippen molar-refractivity contribution in [3.8, 4) is 23.0 Å². The van der Waals surface area contributed by atoms with Gasteiger partial charge in [0, 0.05) is 17.8 Å². The Morgan fingerprint density at radius 3 is 2.36 bits per heavy atom. The van der Waals surface area contributed by atoms with Gasteiger partial charge in [0.1, 0.15) is 18.8 Å². The molecule has 2 N–H and O–H groups in total. The van der Waals surface area contributed by atoms with Crippen LogP contribution in [0.25, 0.3) is 6.08 Å². The van der Waals surface area contributed by atoms with Crippen LogP contribution in [-0.4, -0.2) is 37.4 Å². The summed E-state index contributed by atoms with van der Waals surface area (Å²) in [6.07, 6.45) is 7.13. The third-order valence-electron chi connectivity index (χ3n) is 6.13. The summed E-state index contributed by atoms with van der Waals surface area (Å²) in [6.45, 7) is 1.18. The van der Waals surface area contributed by atoms with Gasteiger partial charge in [0.2, 0.25) is 18.6 Å². The highest BCUT2D eigenvalue weighted by molar-refractivity contribution is 6.03. The van der Waals surface area contributed by atoms with E-state index in [9.17, 15) is 9.59 Å². The van der Waals surface area contributed by atoms with E-state index in [1.54, 1.807) is 24.3 Å². The highest BCUT2D eigenvalue weighted by Gasteiger charge is 2.40. The van der Waals surface area contributed by atoms with Crippen LogP contribution in [0.4, 0.5) is 5.69 Å². The molecule has 8 nitrogen and oxygen atoms in total. The SMILES string of the molecule is O=C(/C=C/c1ccc2c(c1)OCO2)NC1(C(=O)Nc2ccc3c(c2)OCCO3)CCCCC1. The third-order valence-corrected chi connectivity index (χ3v) is 6.13. The Hall–Kier alpha value is -3.68. The summed E-state index contributed by atoms with van der Waals surface area (Å²) < 4.78 is 21.8. The number of carbonyl (C=O) groups excluding carboxylic acids is 2. The van der Waals surface area contributed by atoms with E-state index in [-0.39, 0.29) is 18.6 Å². The highest BCUT2D eigenvalue weighted by atomic mass is 16.7. The van der Waals surface area contributed by atoms with E-state index < -0.39 is 5.54 Å². The number of anilines is 1. The zero-order valence-electron chi connectivity index (χ0n) is 18.2. The number of hydrogen-bond acceptors (Lipinski definition) is 6. The summed E-state index contributed by atoms with van der Waals surface area (Å²) in [5.41, 5.74) is 0.467. The number of nitrogens with one attached hydrogen (secondary N) is 2. The normalized spacial score (nSPS) is 18.1. The maximum absolute atomic E-state index is 13.3. The largest absolute Gasteiger partial charge is 0.486 e. The van der Waals surface area contributed by atoms with E-state index in [1.807, 2.05) is 18.2 Å². The zero-order chi connectivity index (χ0) is 22.7. The van der Waals surface area contributed by atoms with Crippen LogP contribution in [0.3, 0.4) is 0 Å². The predicted octanol–water partition coefficient (Wildman–Crippen LogP) is 3.66. The Morgan fingerprint density at radius 1 is 0.818 bits per heavy atom. The van der Waals surface area contributed by atoms with Crippen molar-refractivity contribution >= 4 is 23.6 Å². The predicted molar refractivity (Wildman–Crippen MR) is 122 cm³/mol. The quantitative estimate of drug-likeness (QED) is 0.675. The third kappa shape index (κ3) is 4.60. The minimum absolute atomic E-state index is 0.198. The molecule has 2 heterocycles. The topological polar surface area (TPSA) is 95.1 Å². The van der Waals surface area contributed by atoms with E-state index >= 15 is 0 Å². The number of fused-ring (bicyclic) bond motifs is 2. The zero-order valence-corrected chi connectivity index (χ0v) is 18.2. The van der Waals surface area contributed by atoms with Gasteiger partial charge >= 0.3 is 0 Å². The smallest absolute Gasteiger partial charge is 0.250 e. The Labute approximate surface area is 191 Å². The van der Waals surface area contributed by atoms with Crippen molar-refractivity contribution in [2.75, 3.05) is 25.3 Å². The first-order valence-electron chi connectivity index (χ1n) is 11.2. The van der Waals surface area contributed by atoms with Crippen molar-refractivity contribution < 1.29 is 28.5 Å². The molecule has 2 aromatic rings. The molecule has 0 atom stereocenters. The van der Waals surface area contributed by atoms with Gasteiger partial charge in [-0.15, -0.1) is 0 Å². The lowest BCUT2D eigenvalue weighted by Crippen LogP contribution is -2.57. The molecule has 33 heavy (non-hydrogen) atoms. The van der Waals surface area contributed by atoms with Crippen molar-refractivity contribution in [2.24, 2.45) is 0 Å². The van der Waals surface area contributed by atoms with Crippen LogP contribution < -0.4 is 29.6 Å². The van der Waals surface area contributed by atoms with E-state index in [1.165, 1.54) is 6.08 Å². The summed E-state index contributed by atoms with van der Waals surface area (Å²) in [4.78, 5) is 26.1. The van der Waals surface area contributed by atoms with Gasteiger partial charge in [0.15, 0.2) is 23.0 Å². The number of rotatable bonds is 5. The molecule has 1 fully saturated rings. The van der Waals surface area contributed by atoms with Crippen LogP contribution in [0.15, 0.2) is 42.5 Å². The molecule has 8 heteroatoms. The highest BCUT2D eigenvalue weighted by Crippen LogP contribution is 2.35. The first-order valence-corrected chi connectivity index (χ1v) is 11.2. The Morgan fingerprint density at radius 2 is 1.52 bits per heavy atom. The van der Waals surface area contributed by atoms with Crippen LogP contribution in [0.5, 0.6) is 23.0 Å². The van der Waals surface area contributed by atoms with E-state index in [2.05, 4.69) is 10.6 Å². The van der Waals surface area contributed by atoms with Gasteiger partial charge in [0.25, 0.3) is 0 Å². The lowest BCUT2D eigenvalue weighted by Gasteiger charge is -2.36. The molecule has 0 saturated heterocycles. The Kier molecular flexibility index (Phi) is 5.81. The average molecular weight is 450 g/mol. The molecule has 1 aliphatic carbocycles. The monoisotopic (exact) mass is 450 g/mol. The molecule has 2 aromatic carbocycles. The van der Waals surface area contributed by atoms with Crippen LogP contribution in [0.1, 0.15) is 37.7 Å². The minimum atomic E-state index is -0.957. The lowest BCUT2D eigenvalue weighted by molar-refractivity contribution is -0.129. The summed E-state index contributed by atoms with van der Waals surface area (Å²) >= 11 is 0. The second-order valence-electron chi connectivity index (χ2n) is 8.39. The van der Waals surface area contributed by atoms with Crippen molar-refractivity contribution in [3.05, 3.63) is 48.0 Å². The standard InChI is InChI=1S/C25H26N2O6/c28-23(9-5-17-4-7-20-21(14-17)33-16-32-20)27-25(10-2-1-3-11-25)24(29)26-18-6-8-19-22(15-18)31-13-12-30-19/h4-9,14-15H,1-3,10-13,16H2,(H,26,29)(H,27,28)/b9-5+. The molecule has 2 aliphatic heterocycles. The van der Waals surface area contributed by atoms with Crippen LogP contribution in [0, 0.1) is 0 Å². The van der Waals surface area contributed by atoms with Crippen molar-refractivity contribution in [1.82, 2.24) is 5.32 Å². The summed E-state index contributed by atoms with van der Waals surface area (Å²) in [7, 11) is 0. The molecule has 0 unspecified atom stereocenters. The van der Waals surface area contributed by atoms with E-state index in [0.717, 1.165) is 24.8 Å². The maximum Gasteiger partial charge on any atom is 0.250 e. The molecule has 0 spiro atoms. The number of carbonyl (C=O) groups is 2. The number of hydrogen-bond donors (Lipinski definition) is 2. The molecule has 0 bridgehead atoms. The fraction of sp³-hybridized carbons (Fsp3) is 0.360. The summed E-state index contributed by atoms with van der Waals surface area (Å²) in [6, 6.07) is 10.8. The van der Waals surface area contributed by atoms with Crippen LogP contribution in [-0.2, 0) is 9.59 Å². The van der Waals surface area contributed by atoms with E-state index in [0.29, 0.717) is 54.7 Å². The number of amides is 2. The lowest BCUT2D eigenvalue weighted by atomic mass is 9.80. The molecule has 3 aliphatic rings. The fourth-order valence-corrected chi connectivity index (χ4v) is 4.40.